The fraction of sp³-hybridized carbons (Fsp3) is 0.400. The molecule has 0 aliphatic rings. The molecule has 3 heteroatoms. The highest BCUT2D eigenvalue weighted by molar-refractivity contribution is 5.41. The molecule has 0 fully saturated rings. The minimum absolute atomic E-state index is 0.0722. The van der Waals surface area contributed by atoms with Gasteiger partial charge in [0, 0.05) is 0 Å². The maximum atomic E-state index is 13.0. The van der Waals surface area contributed by atoms with Crippen molar-refractivity contribution in [1.82, 2.24) is 0 Å². The van der Waals surface area contributed by atoms with Crippen molar-refractivity contribution in [1.29, 1.82) is 0 Å². The Hall–Kier alpha value is -1.09. The average Bonchev–Trinajstić information content (AvgIpc) is 2.08. The number of aliphatic hydroxyl groups excluding tert-OH is 1. The number of rotatable bonds is 2. The van der Waals surface area contributed by atoms with Crippen LogP contribution in [0.15, 0.2) is 18.2 Å². The van der Waals surface area contributed by atoms with Crippen molar-refractivity contribution in [3.63, 3.8) is 0 Å². The molecule has 0 aliphatic carbocycles. The maximum absolute atomic E-state index is 13.0. The van der Waals surface area contributed by atoms with Gasteiger partial charge in [-0.05, 0) is 23.6 Å². The van der Waals surface area contributed by atoms with Crippen LogP contribution in [0.1, 0.15) is 25.5 Å². The lowest BCUT2D eigenvalue weighted by Crippen LogP contribution is -2.06. The predicted octanol–water partition coefficient (Wildman–Crippen LogP) is 2.10. The minimum atomic E-state index is -0.630. The highest BCUT2D eigenvalue weighted by Crippen LogP contribution is 2.23. The number of nitrogen functional groups attached to an aromatic ring is 1. The Bertz CT molecular complexity index is 299. The van der Waals surface area contributed by atoms with Gasteiger partial charge in [0.05, 0.1) is 11.8 Å². The Morgan fingerprint density at radius 1 is 1.38 bits per heavy atom. The van der Waals surface area contributed by atoms with E-state index in [1.807, 2.05) is 13.8 Å². The first kappa shape index (κ1) is 9.99. The average molecular weight is 183 g/mol. The van der Waals surface area contributed by atoms with Gasteiger partial charge < -0.3 is 10.8 Å². The van der Waals surface area contributed by atoms with E-state index in [2.05, 4.69) is 0 Å². The van der Waals surface area contributed by atoms with Gasteiger partial charge in [-0.3, -0.25) is 0 Å². The fourth-order valence-electron chi connectivity index (χ4n) is 1.11. The first-order valence-corrected chi connectivity index (χ1v) is 4.25. The van der Waals surface area contributed by atoms with Gasteiger partial charge in [-0.1, -0.05) is 19.9 Å². The van der Waals surface area contributed by atoms with Crippen LogP contribution in [0.3, 0.4) is 0 Å². The van der Waals surface area contributed by atoms with E-state index in [1.165, 1.54) is 12.1 Å². The van der Waals surface area contributed by atoms with Crippen molar-refractivity contribution in [3.8, 4) is 0 Å². The topological polar surface area (TPSA) is 46.2 Å². The summed E-state index contributed by atoms with van der Waals surface area (Å²) in [7, 11) is 0. The molecule has 0 aromatic heterocycles. The molecular weight excluding hydrogens is 169 g/mol. The lowest BCUT2D eigenvalue weighted by atomic mass is 9.99. The number of hydrogen-bond donors (Lipinski definition) is 2. The Balaban J connectivity index is 2.97. The molecule has 1 rings (SSSR count). The Morgan fingerprint density at radius 3 is 2.46 bits per heavy atom. The van der Waals surface area contributed by atoms with E-state index in [1.54, 1.807) is 6.07 Å². The smallest absolute Gasteiger partial charge is 0.146 e. The van der Waals surface area contributed by atoms with E-state index in [9.17, 15) is 9.50 Å². The molecule has 1 unspecified atom stereocenters. The van der Waals surface area contributed by atoms with Crippen molar-refractivity contribution in [2.45, 2.75) is 20.0 Å². The number of halogens is 1. The standard InChI is InChI=1S/C10H14FNO/c1-6(2)10(13)7-3-4-9(12)8(11)5-7/h3-6,10,13H,12H2,1-2H3. The quantitative estimate of drug-likeness (QED) is 0.690. The zero-order valence-electron chi connectivity index (χ0n) is 7.79. The van der Waals surface area contributed by atoms with Crippen LogP contribution in [0, 0.1) is 11.7 Å². The Labute approximate surface area is 77.2 Å². The zero-order valence-corrected chi connectivity index (χ0v) is 7.79. The Morgan fingerprint density at radius 2 is 2.00 bits per heavy atom. The predicted molar refractivity (Wildman–Crippen MR) is 50.6 cm³/mol. The molecular formula is C10H14FNO. The summed E-state index contributed by atoms with van der Waals surface area (Å²) in [5, 5.41) is 9.61. The highest BCUT2D eigenvalue weighted by atomic mass is 19.1. The molecule has 0 amide bonds. The van der Waals surface area contributed by atoms with E-state index in [4.69, 9.17) is 5.73 Å². The van der Waals surface area contributed by atoms with Crippen molar-refractivity contribution in [3.05, 3.63) is 29.6 Å². The van der Waals surface area contributed by atoms with Gasteiger partial charge in [-0.2, -0.15) is 0 Å². The van der Waals surface area contributed by atoms with Crippen LogP contribution in [0.4, 0.5) is 10.1 Å². The molecule has 0 aliphatic heterocycles. The molecule has 0 saturated heterocycles. The van der Waals surface area contributed by atoms with Gasteiger partial charge in [0.15, 0.2) is 0 Å². The van der Waals surface area contributed by atoms with E-state index in [-0.39, 0.29) is 11.6 Å². The second-order valence-electron chi connectivity index (χ2n) is 3.47. The molecule has 1 aromatic rings. The SMILES string of the molecule is CC(C)C(O)c1ccc(N)c(F)c1. The van der Waals surface area contributed by atoms with Crippen molar-refractivity contribution in [2.75, 3.05) is 5.73 Å². The third kappa shape index (κ3) is 2.18. The van der Waals surface area contributed by atoms with Crippen molar-refractivity contribution in [2.24, 2.45) is 5.92 Å². The summed E-state index contributed by atoms with van der Waals surface area (Å²) < 4.78 is 13.0. The summed E-state index contributed by atoms with van der Waals surface area (Å²) in [5.41, 5.74) is 5.99. The third-order valence-electron chi connectivity index (χ3n) is 2.00. The summed E-state index contributed by atoms with van der Waals surface area (Å²) in [4.78, 5) is 0. The molecule has 1 atom stereocenters. The number of hydrogen-bond acceptors (Lipinski definition) is 2. The molecule has 0 heterocycles. The highest BCUT2D eigenvalue weighted by Gasteiger charge is 2.12. The molecule has 13 heavy (non-hydrogen) atoms. The lowest BCUT2D eigenvalue weighted by Gasteiger charge is -2.14. The Kier molecular flexibility index (Phi) is 2.88. The van der Waals surface area contributed by atoms with Crippen molar-refractivity contribution < 1.29 is 9.50 Å². The van der Waals surface area contributed by atoms with Crippen LogP contribution in [0.25, 0.3) is 0 Å². The summed E-state index contributed by atoms with van der Waals surface area (Å²) in [6.45, 7) is 3.75. The number of anilines is 1. The van der Waals surface area contributed by atoms with Gasteiger partial charge in [-0.25, -0.2) is 4.39 Å². The molecule has 0 saturated carbocycles. The molecule has 72 valence electrons. The minimum Gasteiger partial charge on any atom is -0.396 e. The second-order valence-corrected chi connectivity index (χ2v) is 3.47. The molecule has 3 N–H and O–H groups in total. The van der Waals surface area contributed by atoms with E-state index >= 15 is 0 Å². The summed E-state index contributed by atoms with van der Waals surface area (Å²) in [6.07, 6.45) is -0.630. The molecule has 0 spiro atoms. The van der Waals surface area contributed by atoms with Crippen LogP contribution < -0.4 is 5.73 Å². The van der Waals surface area contributed by atoms with Crippen LogP contribution >= 0.6 is 0 Å². The van der Waals surface area contributed by atoms with Crippen LogP contribution in [-0.4, -0.2) is 5.11 Å². The largest absolute Gasteiger partial charge is 0.396 e. The second kappa shape index (κ2) is 3.75. The van der Waals surface area contributed by atoms with E-state index < -0.39 is 11.9 Å². The molecule has 0 bridgehead atoms. The summed E-state index contributed by atoms with van der Waals surface area (Å²) in [5.74, 6) is -0.403. The van der Waals surface area contributed by atoms with Crippen LogP contribution in [0.2, 0.25) is 0 Å². The molecule has 1 aromatic carbocycles. The van der Waals surface area contributed by atoms with Crippen LogP contribution in [-0.2, 0) is 0 Å². The first-order valence-electron chi connectivity index (χ1n) is 4.25. The normalized spacial score (nSPS) is 13.3. The van der Waals surface area contributed by atoms with Crippen LogP contribution in [0.5, 0.6) is 0 Å². The van der Waals surface area contributed by atoms with Gasteiger partial charge in [-0.15, -0.1) is 0 Å². The molecule has 0 radical (unpaired) electrons. The van der Waals surface area contributed by atoms with Gasteiger partial charge in [0.1, 0.15) is 5.82 Å². The number of aliphatic hydroxyl groups is 1. The zero-order chi connectivity index (χ0) is 10.0. The maximum Gasteiger partial charge on any atom is 0.146 e. The van der Waals surface area contributed by atoms with Gasteiger partial charge in [0.2, 0.25) is 0 Å². The summed E-state index contributed by atoms with van der Waals surface area (Å²) >= 11 is 0. The monoisotopic (exact) mass is 183 g/mol. The van der Waals surface area contributed by atoms with E-state index in [0.717, 1.165) is 0 Å². The first-order chi connectivity index (χ1) is 6.02. The fourth-order valence-corrected chi connectivity index (χ4v) is 1.11. The molecule has 2 nitrogen and oxygen atoms in total. The summed E-state index contributed by atoms with van der Waals surface area (Å²) in [6, 6.07) is 4.39. The third-order valence-corrected chi connectivity index (χ3v) is 2.00. The van der Waals surface area contributed by atoms with Gasteiger partial charge >= 0.3 is 0 Å². The lowest BCUT2D eigenvalue weighted by molar-refractivity contribution is 0.126. The van der Waals surface area contributed by atoms with Crippen molar-refractivity contribution >= 4 is 5.69 Å². The van der Waals surface area contributed by atoms with Gasteiger partial charge in [0.25, 0.3) is 0 Å². The van der Waals surface area contributed by atoms with E-state index in [0.29, 0.717) is 5.56 Å². The number of benzene rings is 1. The number of nitrogens with two attached hydrogens (primary N) is 1.